The van der Waals surface area contributed by atoms with E-state index in [4.69, 9.17) is 4.74 Å². The van der Waals surface area contributed by atoms with Gasteiger partial charge in [-0.05, 0) is 12.1 Å². The molecule has 1 rings (SSSR count). The third kappa shape index (κ3) is 2.34. The highest BCUT2D eigenvalue weighted by Crippen LogP contribution is 2.08. The number of esters is 1. The molecule has 0 amide bonds. The number of aromatic nitrogens is 1. The lowest BCUT2D eigenvalue weighted by molar-refractivity contribution is -0.137. The van der Waals surface area contributed by atoms with E-state index in [0.29, 0.717) is 5.75 Å². The van der Waals surface area contributed by atoms with Gasteiger partial charge in [-0.15, -0.1) is 0 Å². The molecular formula is C9H11NO2. The summed E-state index contributed by atoms with van der Waals surface area (Å²) in [5, 5.41) is 0. The van der Waals surface area contributed by atoms with Crippen molar-refractivity contribution in [2.75, 3.05) is 0 Å². The van der Waals surface area contributed by atoms with Gasteiger partial charge in [0.15, 0.2) is 0 Å². The maximum atomic E-state index is 11.1. The summed E-state index contributed by atoms with van der Waals surface area (Å²) in [6.07, 6.45) is 3.15. The number of rotatable bonds is 2. The first-order valence-corrected chi connectivity index (χ1v) is 3.82. The minimum absolute atomic E-state index is 0.106. The van der Waals surface area contributed by atoms with Gasteiger partial charge in [0, 0.05) is 6.20 Å². The van der Waals surface area contributed by atoms with Crippen molar-refractivity contribution in [3.05, 3.63) is 24.5 Å². The van der Waals surface area contributed by atoms with Crippen LogP contribution in [0.4, 0.5) is 0 Å². The van der Waals surface area contributed by atoms with Crippen molar-refractivity contribution in [3.63, 3.8) is 0 Å². The SMILES string of the molecule is CC(C)C(=O)Oc1cccnc1. The van der Waals surface area contributed by atoms with Crippen molar-refractivity contribution >= 4 is 5.97 Å². The molecule has 0 aliphatic heterocycles. The number of hydrogen-bond acceptors (Lipinski definition) is 3. The Hall–Kier alpha value is -1.38. The van der Waals surface area contributed by atoms with E-state index in [1.54, 1.807) is 32.2 Å². The van der Waals surface area contributed by atoms with Gasteiger partial charge in [0.25, 0.3) is 0 Å². The topological polar surface area (TPSA) is 39.2 Å². The predicted molar refractivity (Wildman–Crippen MR) is 44.7 cm³/mol. The lowest BCUT2D eigenvalue weighted by Crippen LogP contribution is -2.14. The molecule has 0 unspecified atom stereocenters. The lowest BCUT2D eigenvalue weighted by atomic mass is 10.2. The lowest BCUT2D eigenvalue weighted by Gasteiger charge is -2.04. The van der Waals surface area contributed by atoms with Crippen LogP contribution in [-0.4, -0.2) is 11.0 Å². The van der Waals surface area contributed by atoms with Crippen LogP contribution in [0.5, 0.6) is 5.75 Å². The number of ether oxygens (including phenoxy) is 1. The van der Waals surface area contributed by atoms with Crippen molar-refractivity contribution in [3.8, 4) is 5.75 Å². The summed E-state index contributed by atoms with van der Waals surface area (Å²) in [5.41, 5.74) is 0. The van der Waals surface area contributed by atoms with Crippen molar-refractivity contribution in [1.29, 1.82) is 0 Å². The minimum Gasteiger partial charge on any atom is -0.425 e. The second kappa shape index (κ2) is 3.85. The fraction of sp³-hybridized carbons (Fsp3) is 0.333. The van der Waals surface area contributed by atoms with Crippen LogP contribution < -0.4 is 4.74 Å². The Morgan fingerprint density at radius 2 is 2.33 bits per heavy atom. The molecule has 0 aliphatic rings. The highest BCUT2D eigenvalue weighted by atomic mass is 16.5. The monoisotopic (exact) mass is 165 g/mol. The molecular weight excluding hydrogens is 154 g/mol. The summed E-state index contributed by atoms with van der Waals surface area (Å²) in [6.45, 7) is 3.58. The van der Waals surface area contributed by atoms with Crippen molar-refractivity contribution < 1.29 is 9.53 Å². The highest BCUT2D eigenvalue weighted by Gasteiger charge is 2.08. The Labute approximate surface area is 71.4 Å². The second-order valence-electron chi connectivity index (χ2n) is 2.76. The normalized spacial score (nSPS) is 9.92. The number of carbonyl (C=O) groups is 1. The number of nitrogens with zero attached hydrogens (tertiary/aromatic N) is 1. The molecule has 1 aromatic heterocycles. The van der Waals surface area contributed by atoms with Gasteiger partial charge < -0.3 is 4.74 Å². The van der Waals surface area contributed by atoms with Crippen molar-refractivity contribution in [2.24, 2.45) is 5.92 Å². The smallest absolute Gasteiger partial charge is 0.313 e. The molecule has 64 valence electrons. The van der Waals surface area contributed by atoms with Crippen molar-refractivity contribution in [1.82, 2.24) is 4.98 Å². The predicted octanol–water partition coefficient (Wildman–Crippen LogP) is 1.64. The summed E-state index contributed by atoms with van der Waals surface area (Å²) in [4.78, 5) is 14.9. The van der Waals surface area contributed by atoms with Crippen LogP contribution in [-0.2, 0) is 4.79 Å². The Balaban J connectivity index is 2.59. The van der Waals surface area contributed by atoms with Crippen LogP contribution in [0.15, 0.2) is 24.5 Å². The van der Waals surface area contributed by atoms with Crippen LogP contribution >= 0.6 is 0 Å². The van der Waals surface area contributed by atoms with Crippen LogP contribution in [0.1, 0.15) is 13.8 Å². The van der Waals surface area contributed by atoms with Gasteiger partial charge in [0.2, 0.25) is 0 Å². The zero-order valence-corrected chi connectivity index (χ0v) is 7.15. The van der Waals surface area contributed by atoms with Gasteiger partial charge in [-0.3, -0.25) is 9.78 Å². The summed E-state index contributed by atoms with van der Waals surface area (Å²) in [7, 11) is 0. The van der Waals surface area contributed by atoms with Gasteiger partial charge in [-0.2, -0.15) is 0 Å². The van der Waals surface area contributed by atoms with E-state index in [-0.39, 0.29) is 11.9 Å². The van der Waals surface area contributed by atoms with E-state index in [9.17, 15) is 4.79 Å². The number of pyridine rings is 1. The third-order valence-electron chi connectivity index (χ3n) is 1.32. The van der Waals surface area contributed by atoms with Gasteiger partial charge in [-0.1, -0.05) is 13.8 Å². The Morgan fingerprint density at radius 1 is 1.58 bits per heavy atom. The quantitative estimate of drug-likeness (QED) is 0.625. The van der Waals surface area contributed by atoms with Gasteiger partial charge in [-0.25, -0.2) is 0 Å². The summed E-state index contributed by atoms with van der Waals surface area (Å²) >= 11 is 0. The molecule has 1 heterocycles. The Kier molecular flexibility index (Phi) is 2.80. The summed E-state index contributed by atoms with van der Waals surface area (Å²) < 4.78 is 4.97. The molecule has 3 nitrogen and oxygen atoms in total. The van der Waals surface area contributed by atoms with Crippen molar-refractivity contribution in [2.45, 2.75) is 13.8 Å². The fourth-order valence-corrected chi connectivity index (χ4v) is 0.641. The molecule has 0 aliphatic carbocycles. The third-order valence-corrected chi connectivity index (χ3v) is 1.32. The molecule has 0 radical (unpaired) electrons. The number of hydrogen-bond donors (Lipinski definition) is 0. The molecule has 0 aromatic carbocycles. The molecule has 0 spiro atoms. The number of carbonyl (C=O) groups excluding carboxylic acids is 1. The van der Waals surface area contributed by atoms with Crippen LogP contribution in [0.3, 0.4) is 0 Å². The molecule has 0 N–H and O–H groups in total. The molecule has 0 saturated heterocycles. The van der Waals surface area contributed by atoms with E-state index in [2.05, 4.69) is 4.98 Å². The average molecular weight is 165 g/mol. The van der Waals surface area contributed by atoms with E-state index < -0.39 is 0 Å². The minimum atomic E-state index is -0.233. The first-order valence-electron chi connectivity index (χ1n) is 3.82. The average Bonchev–Trinajstić information content (AvgIpc) is 2.06. The first kappa shape index (κ1) is 8.71. The van der Waals surface area contributed by atoms with Gasteiger partial charge in [0.05, 0.1) is 12.1 Å². The maximum Gasteiger partial charge on any atom is 0.313 e. The highest BCUT2D eigenvalue weighted by molar-refractivity contribution is 5.74. The van der Waals surface area contributed by atoms with Crippen LogP contribution in [0.2, 0.25) is 0 Å². The molecule has 1 aromatic rings. The van der Waals surface area contributed by atoms with Crippen LogP contribution in [0, 0.1) is 5.92 Å². The summed E-state index contributed by atoms with van der Waals surface area (Å²) in [6, 6.07) is 3.43. The first-order chi connectivity index (χ1) is 5.70. The zero-order chi connectivity index (χ0) is 8.97. The van der Waals surface area contributed by atoms with Gasteiger partial charge >= 0.3 is 5.97 Å². The zero-order valence-electron chi connectivity index (χ0n) is 7.15. The largest absolute Gasteiger partial charge is 0.425 e. The standard InChI is InChI=1S/C9H11NO2/c1-7(2)9(11)12-8-4-3-5-10-6-8/h3-7H,1-2H3. The van der Waals surface area contributed by atoms with E-state index >= 15 is 0 Å². The molecule has 3 heteroatoms. The second-order valence-corrected chi connectivity index (χ2v) is 2.76. The Bertz CT molecular complexity index is 256. The van der Waals surface area contributed by atoms with Gasteiger partial charge in [0.1, 0.15) is 5.75 Å². The molecule has 0 atom stereocenters. The molecule has 12 heavy (non-hydrogen) atoms. The Morgan fingerprint density at radius 3 is 2.83 bits per heavy atom. The van der Waals surface area contributed by atoms with Crippen LogP contribution in [0.25, 0.3) is 0 Å². The maximum absolute atomic E-state index is 11.1. The van der Waals surface area contributed by atoms with E-state index in [0.717, 1.165) is 0 Å². The molecule has 0 bridgehead atoms. The summed E-state index contributed by atoms with van der Waals surface area (Å²) in [5.74, 6) is 0.157. The van der Waals surface area contributed by atoms with E-state index in [1.165, 1.54) is 6.20 Å². The fourth-order valence-electron chi connectivity index (χ4n) is 0.641. The molecule has 0 fully saturated rings. The van der Waals surface area contributed by atoms with E-state index in [1.807, 2.05) is 0 Å². The molecule has 0 saturated carbocycles.